The van der Waals surface area contributed by atoms with Gasteiger partial charge in [-0.15, -0.1) is 0 Å². The Morgan fingerprint density at radius 2 is 1.71 bits per heavy atom. The molecule has 1 unspecified atom stereocenters. The highest BCUT2D eigenvalue weighted by Crippen LogP contribution is 2.25. The number of nitrogens with zero attached hydrogens (tertiary/aromatic N) is 1. The number of ether oxygens (including phenoxy) is 4. The van der Waals surface area contributed by atoms with Gasteiger partial charge in [-0.3, -0.25) is 9.78 Å². The number of carbonyl (C=O) groups excluding carboxylic acids is 3. The van der Waals surface area contributed by atoms with E-state index in [1.165, 1.54) is 0 Å². The third kappa shape index (κ3) is 8.63. The molecule has 1 rings (SSSR count). The van der Waals surface area contributed by atoms with Gasteiger partial charge in [-0.25, -0.2) is 9.59 Å². The first-order valence-electron chi connectivity index (χ1n) is 10.4. The zero-order valence-electron chi connectivity index (χ0n) is 19.0. The van der Waals surface area contributed by atoms with Crippen LogP contribution in [0.1, 0.15) is 53.0 Å². The molecule has 0 aromatic carbocycles. The van der Waals surface area contributed by atoms with E-state index in [9.17, 15) is 14.4 Å². The zero-order valence-corrected chi connectivity index (χ0v) is 19.0. The third-order valence-electron chi connectivity index (χ3n) is 4.19. The molecule has 0 fully saturated rings. The Bertz CT molecular complexity index is 698. The molecule has 1 aromatic rings. The molecule has 0 radical (unpaired) electrons. The fourth-order valence-electron chi connectivity index (χ4n) is 2.72. The maximum atomic E-state index is 12.8. The van der Waals surface area contributed by atoms with E-state index in [0.29, 0.717) is 6.42 Å². The van der Waals surface area contributed by atoms with Crippen LogP contribution in [-0.4, -0.2) is 60.0 Å². The molecule has 1 heterocycles. The number of nitrogens with two attached hydrogens (primary N) is 1. The minimum atomic E-state index is -2.03. The predicted molar refractivity (Wildman–Crippen MR) is 113 cm³/mol. The molecule has 0 bridgehead atoms. The largest absolute Gasteiger partial charge is 0.463 e. The van der Waals surface area contributed by atoms with Crippen molar-refractivity contribution in [3.05, 3.63) is 30.1 Å². The average molecular weight is 439 g/mol. The number of pyridine rings is 1. The molecule has 174 valence electrons. The summed E-state index contributed by atoms with van der Waals surface area (Å²) in [7, 11) is 0. The van der Waals surface area contributed by atoms with E-state index in [2.05, 4.69) is 4.98 Å². The first-order valence-corrected chi connectivity index (χ1v) is 10.4. The molecule has 0 saturated heterocycles. The van der Waals surface area contributed by atoms with E-state index in [4.69, 9.17) is 24.7 Å². The molecule has 31 heavy (non-hydrogen) atoms. The molecule has 0 aliphatic heterocycles. The van der Waals surface area contributed by atoms with Crippen molar-refractivity contribution in [2.24, 2.45) is 5.73 Å². The van der Waals surface area contributed by atoms with Crippen molar-refractivity contribution >= 4 is 17.9 Å². The van der Waals surface area contributed by atoms with Crippen molar-refractivity contribution in [3.8, 4) is 0 Å². The van der Waals surface area contributed by atoms with Gasteiger partial charge in [0.25, 0.3) is 5.60 Å². The summed E-state index contributed by atoms with van der Waals surface area (Å²) in [6.07, 6.45) is 3.48. The number of aromatic nitrogens is 1. The molecule has 1 atom stereocenters. The lowest BCUT2D eigenvalue weighted by Crippen LogP contribution is -2.53. The lowest BCUT2D eigenvalue weighted by Gasteiger charge is -2.30. The van der Waals surface area contributed by atoms with Crippen LogP contribution in [0.25, 0.3) is 0 Å². The SMILES string of the molecule is CCOC(=O)C(CCC(N)C(=O)OC(C)(C)C)(OCCc1cccnc1)C(=O)OCC. The second-order valence-electron chi connectivity index (χ2n) is 7.91. The van der Waals surface area contributed by atoms with Gasteiger partial charge < -0.3 is 24.7 Å². The van der Waals surface area contributed by atoms with Gasteiger partial charge in [0.05, 0.1) is 19.8 Å². The highest BCUT2D eigenvalue weighted by Gasteiger charge is 2.50. The summed E-state index contributed by atoms with van der Waals surface area (Å²) in [5.41, 5.74) is 4.08. The van der Waals surface area contributed by atoms with Crippen molar-refractivity contribution in [2.45, 2.75) is 71.1 Å². The molecular weight excluding hydrogens is 404 g/mol. The van der Waals surface area contributed by atoms with Gasteiger partial charge in [0.2, 0.25) is 0 Å². The summed E-state index contributed by atoms with van der Waals surface area (Å²) in [6.45, 7) is 8.53. The highest BCUT2D eigenvalue weighted by molar-refractivity contribution is 6.03. The van der Waals surface area contributed by atoms with Crippen molar-refractivity contribution in [2.75, 3.05) is 19.8 Å². The van der Waals surface area contributed by atoms with E-state index in [1.54, 1.807) is 53.1 Å². The van der Waals surface area contributed by atoms with Crippen LogP contribution in [0.5, 0.6) is 0 Å². The molecule has 0 aliphatic rings. The second-order valence-corrected chi connectivity index (χ2v) is 7.91. The van der Waals surface area contributed by atoms with E-state index in [-0.39, 0.29) is 32.7 Å². The fraction of sp³-hybridized carbons (Fsp3) is 0.636. The minimum Gasteiger partial charge on any atom is -0.463 e. The number of hydrogen-bond donors (Lipinski definition) is 1. The summed E-state index contributed by atoms with van der Waals surface area (Å²) in [5.74, 6) is -2.39. The van der Waals surface area contributed by atoms with E-state index in [1.807, 2.05) is 6.07 Å². The van der Waals surface area contributed by atoms with Gasteiger partial charge >= 0.3 is 17.9 Å². The number of rotatable bonds is 12. The summed E-state index contributed by atoms with van der Waals surface area (Å²) in [4.78, 5) is 41.9. The topological polar surface area (TPSA) is 127 Å². The standard InChI is InChI=1S/C22H34N2O7/c1-6-28-19(26)22(20(27)29-7-2,30-14-11-16-9-8-13-24-15-16)12-10-17(23)18(25)31-21(3,4)5/h8-9,13,15,17H,6-7,10-12,14,23H2,1-5H3. The van der Waals surface area contributed by atoms with Crippen LogP contribution < -0.4 is 5.73 Å². The van der Waals surface area contributed by atoms with Gasteiger partial charge in [-0.1, -0.05) is 6.07 Å². The Morgan fingerprint density at radius 1 is 1.10 bits per heavy atom. The Morgan fingerprint density at radius 3 is 2.19 bits per heavy atom. The molecule has 9 nitrogen and oxygen atoms in total. The lowest BCUT2D eigenvalue weighted by atomic mass is 9.94. The molecule has 0 spiro atoms. The van der Waals surface area contributed by atoms with Crippen LogP contribution in [0.2, 0.25) is 0 Å². The number of esters is 3. The van der Waals surface area contributed by atoms with E-state index >= 15 is 0 Å². The quantitative estimate of drug-likeness (QED) is 0.296. The minimum absolute atomic E-state index is 0.0327. The van der Waals surface area contributed by atoms with Gasteiger partial charge in [0.15, 0.2) is 0 Å². The molecular formula is C22H34N2O7. The average Bonchev–Trinajstić information content (AvgIpc) is 2.70. The van der Waals surface area contributed by atoms with Crippen LogP contribution in [0.4, 0.5) is 0 Å². The van der Waals surface area contributed by atoms with Crippen molar-refractivity contribution in [1.29, 1.82) is 0 Å². The Balaban J connectivity index is 3.03. The van der Waals surface area contributed by atoms with Gasteiger partial charge in [-0.2, -0.15) is 0 Å². The Hall–Kier alpha value is -2.52. The number of carbonyl (C=O) groups is 3. The molecule has 2 N–H and O–H groups in total. The predicted octanol–water partition coefficient (Wildman–Crippen LogP) is 1.95. The van der Waals surface area contributed by atoms with Crippen LogP contribution in [0, 0.1) is 0 Å². The third-order valence-corrected chi connectivity index (χ3v) is 4.19. The first kappa shape index (κ1) is 26.5. The van der Waals surface area contributed by atoms with E-state index < -0.39 is 35.2 Å². The number of hydrogen-bond acceptors (Lipinski definition) is 9. The van der Waals surface area contributed by atoms with Gasteiger partial charge in [0.1, 0.15) is 11.6 Å². The van der Waals surface area contributed by atoms with Gasteiger partial charge in [-0.05, 0) is 59.1 Å². The van der Waals surface area contributed by atoms with Crippen molar-refractivity contribution in [3.63, 3.8) is 0 Å². The smallest absolute Gasteiger partial charge is 0.350 e. The zero-order chi connectivity index (χ0) is 23.5. The van der Waals surface area contributed by atoms with E-state index in [0.717, 1.165) is 5.56 Å². The van der Waals surface area contributed by atoms with Gasteiger partial charge in [0, 0.05) is 18.8 Å². The maximum Gasteiger partial charge on any atom is 0.350 e. The van der Waals surface area contributed by atoms with Crippen LogP contribution >= 0.6 is 0 Å². The van der Waals surface area contributed by atoms with Crippen LogP contribution in [-0.2, 0) is 39.8 Å². The molecule has 9 heteroatoms. The Labute approximate surface area is 183 Å². The van der Waals surface area contributed by atoms with Crippen molar-refractivity contribution < 1.29 is 33.3 Å². The first-order chi connectivity index (χ1) is 14.6. The summed E-state index contributed by atoms with van der Waals surface area (Å²) >= 11 is 0. The lowest BCUT2D eigenvalue weighted by molar-refractivity contribution is -0.192. The van der Waals surface area contributed by atoms with Crippen LogP contribution in [0.15, 0.2) is 24.5 Å². The monoisotopic (exact) mass is 438 g/mol. The second kappa shape index (κ2) is 12.4. The normalized spacial score (nSPS) is 12.7. The summed E-state index contributed by atoms with van der Waals surface area (Å²) < 4.78 is 21.3. The van der Waals surface area contributed by atoms with Crippen molar-refractivity contribution in [1.82, 2.24) is 4.98 Å². The fourth-order valence-corrected chi connectivity index (χ4v) is 2.72. The highest BCUT2D eigenvalue weighted by atomic mass is 16.6. The van der Waals surface area contributed by atoms with Crippen LogP contribution in [0.3, 0.4) is 0 Å². The molecule has 0 saturated carbocycles. The molecule has 0 amide bonds. The molecule has 0 aliphatic carbocycles. The maximum absolute atomic E-state index is 12.8. The Kier molecular flexibility index (Phi) is 10.6. The summed E-state index contributed by atoms with van der Waals surface area (Å²) in [5, 5.41) is 0. The summed E-state index contributed by atoms with van der Waals surface area (Å²) in [6, 6.07) is 2.58. The molecule has 1 aromatic heterocycles.